The number of rotatable bonds is 2. The number of nitrogens with zero attached hydrogens (tertiary/aromatic N) is 2. The van der Waals surface area contributed by atoms with Gasteiger partial charge in [0.2, 0.25) is 5.91 Å². The van der Waals surface area contributed by atoms with Crippen LogP contribution in [0.25, 0.3) is 0 Å². The zero-order chi connectivity index (χ0) is 14.1. The molecule has 5 nitrogen and oxygen atoms in total. The molecule has 3 aliphatic heterocycles. The van der Waals surface area contributed by atoms with Crippen LogP contribution in [0.2, 0.25) is 0 Å². The van der Waals surface area contributed by atoms with Crippen LogP contribution < -0.4 is 5.32 Å². The van der Waals surface area contributed by atoms with E-state index in [1.165, 1.54) is 13.0 Å². The summed E-state index contributed by atoms with van der Waals surface area (Å²) in [4.78, 5) is 16.8. The van der Waals surface area contributed by atoms with E-state index in [-0.39, 0.29) is 30.5 Å². The van der Waals surface area contributed by atoms with E-state index in [0.717, 1.165) is 44.6 Å². The molecule has 3 rings (SSSR count). The standard InChI is InChI=1S/C15H27N3O2.ClH/c1-11-7-18(8-12(2)20-11)15(19)10-17-4-3-13-5-16-6-14(13)9-17;/h11-14,16H,3-10H2,1-2H3;1H. The molecule has 0 aromatic heterocycles. The molecule has 0 aromatic rings. The molecule has 1 N–H and O–H groups in total. The van der Waals surface area contributed by atoms with Gasteiger partial charge in [-0.2, -0.15) is 0 Å². The zero-order valence-corrected chi connectivity index (χ0v) is 13.9. The lowest BCUT2D eigenvalue weighted by molar-refractivity contribution is -0.144. The maximum atomic E-state index is 12.5. The van der Waals surface area contributed by atoms with E-state index in [4.69, 9.17) is 4.74 Å². The van der Waals surface area contributed by atoms with E-state index in [0.29, 0.717) is 6.54 Å². The SMILES string of the molecule is CC1CN(C(=O)CN2CCC3CNCC3C2)CC(C)O1.Cl. The molecule has 3 saturated heterocycles. The van der Waals surface area contributed by atoms with Gasteiger partial charge in [0.15, 0.2) is 0 Å². The lowest BCUT2D eigenvalue weighted by Gasteiger charge is -2.38. The smallest absolute Gasteiger partial charge is 0.236 e. The van der Waals surface area contributed by atoms with E-state index < -0.39 is 0 Å². The van der Waals surface area contributed by atoms with Gasteiger partial charge in [-0.25, -0.2) is 0 Å². The van der Waals surface area contributed by atoms with Crippen LogP contribution >= 0.6 is 12.4 Å². The van der Waals surface area contributed by atoms with Gasteiger partial charge in [-0.1, -0.05) is 0 Å². The number of ether oxygens (including phenoxy) is 1. The molecule has 122 valence electrons. The Morgan fingerprint density at radius 1 is 1.14 bits per heavy atom. The van der Waals surface area contributed by atoms with E-state index in [1.54, 1.807) is 0 Å². The first kappa shape index (κ1) is 17.0. The third-order valence-electron chi connectivity index (χ3n) is 4.92. The van der Waals surface area contributed by atoms with Crippen LogP contribution in [0.5, 0.6) is 0 Å². The van der Waals surface area contributed by atoms with Gasteiger partial charge >= 0.3 is 0 Å². The summed E-state index contributed by atoms with van der Waals surface area (Å²) in [6.07, 6.45) is 1.56. The fourth-order valence-electron chi connectivity index (χ4n) is 3.93. The van der Waals surface area contributed by atoms with Gasteiger partial charge in [-0.3, -0.25) is 9.69 Å². The van der Waals surface area contributed by atoms with Crippen LogP contribution in [0.3, 0.4) is 0 Å². The molecule has 4 unspecified atom stereocenters. The van der Waals surface area contributed by atoms with E-state index >= 15 is 0 Å². The molecule has 0 aliphatic carbocycles. The van der Waals surface area contributed by atoms with Crippen molar-refractivity contribution in [2.45, 2.75) is 32.5 Å². The highest BCUT2D eigenvalue weighted by molar-refractivity contribution is 5.85. The average Bonchev–Trinajstić information content (AvgIpc) is 2.85. The van der Waals surface area contributed by atoms with Gasteiger partial charge in [-0.15, -0.1) is 12.4 Å². The second kappa shape index (κ2) is 7.27. The first-order chi connectivity index (χ1) is 9.61. The Morgan fingerprint density at radius 2 is 1.81 bits per heavy atom. The molecule has 0 bridgehead atoms. The largest absolute Gasteiger partial charge is 0.372 e. The van der Waals surface area contributed by atoms with E-state index in [9.17, 15) is 4.79 Å². The molecule has 0 aromatic carbocycles. The number of morpholine rings is 1. The van der Waals surface area contributed by atoms with Crippen LogP contribution in [0, 0.1) is 11.8 Å². The second-order valence-corrected chi connectivity index (χ2v) is 6.76. The summed E-state index contributed by atoms with van der Waals surface area (Å²) in [5.41, 5.74) is 0. The number of fused-ring (bicyclic) bond motifs is 1. The van der Waals surface area contributed by atoms with Crippen molar-refractivity contribution in [2.75, 3.05) is 45.8 Å². The molecule has 0 radical (unpaired) electrons. The topological polar surface area (TPSA) is 44.8 Å². The molecular formula is C15H28ClN3O2. The molecule has 3 heterocycles. The number of piperidine rings is 1. The molecule has 3 fully saturated rings. The van der Waals surface area contributed by atoms with Gasteiger partial charge in [0.05, 0.1) is 18.8 Å². The summed E-state index contributed by atoms with van der Waals surface area (Å²) < 4.78 is 5.70. The second-order valence-electron chi connectivity index (χ2n) is 6.76. The minimum Gasteiger partial charge on any atom is -0.372 e. The van der Waals surface area contributed by atoms with Crippen molar-refractivity contribution in [1.29, 1.82) is 0 Å². The van der Waals surface area contributed by atoms with Crippen molar-refractivity contribution < 1.29 is 9.53 Å². The first-order valence-electron chi connectivity index (χ1n) is 7.98. The monoisotopic (exact) mass is 317 g/mol. The third kappa shape index (κ3) is 4.09. The van der Waals surface area contributed by atoms with Gasteiger partial charge in [0.25, 0.3) is 0 Å². The predicted octanol–water partition coefficient (Wildman–Crippen LogP) is 0.585. The summed E-state index contributed by atoms with van der Waals surface area (Å²) >= 11 is 0. The Bertz CT molecular complexity index is 359. The number of halogens is 1. The van der Waals surface area contributed by atoms with Gasteiger partial charge in [-0.05, 0) is 51.7 Å². The fraction of sp³-hybridized carbons (Fsp3) is 0.933. The Kier molecular flexibility index (Phi) is 5.88. The van der Waals surface area contributed by atoms with Crippen molar-refractivity contribution in [1.82, 2.24) is 15.1 Å². The minimum atomic E-state index is 0. The van der Waals surface area contributed by atoms with Crippen molar-refractivity contribution >= 4 is 18.3 Å². The van der Waals surface area contributed by atoms with Crippen LogP contribution in [0.15, 0.2) is 0 Å². The molecule has 6 heteroatoms. The van der Waals surface area contributed by atoms with Crippen LogP contribution in [0.4, 0.5) is 0 Å². The maximum absolute atomic E-state index is 12.5. The number of hydrogen-bond acceptors (Lipinski definition) is 4. The van der Waals surface area contributed by atoms with Crippen molar-refractivity contribution in [3.8, 4) is 0 Å². The molecule has 0 spiro atoms. The number of carbonyl (C=O) groups is 1. The van der Waals surface area contributed by atoms with E-state index in [2.05, 4.69) is 10.2 Å². The maximum Gasteiger partial charge on any atom is 0.236 e. The van der Waals surface area contributed by atoms with Crippen molar-refractivity contribution in [2.24, 2.45) is 11.8 Å². The highest BCUT2D eigenvalue weighted by atomic mass is 35.5. The number of carbonyl (C=O) groups excluding carboxylic acids is 1. The average molecular weight is 318 g/mol. The summed E-state index contributed by atoms with van der Waals surface area (Å²) in [5.74, 6) is 1.86. The van der Waals surface area contributed by atoms with Gasteiger partial charge in [0.1, 0.15) is 0 Å². The van der Waals surface area contributed by atoms with Gasteiger partial charge < -0.3 is 15.0 Å². The minimum absolute atomic E-state index is 0. The molecule has 3 aliphatic rings. The molecule has 4 atom stereocenters. The zero-order valence-electron chi connectivity index (χ0n) is 13.1. The summed E-state index contributed by atoms with van der Waals surface area (Å²) in [7, 11) is 0. The molecule has 0 saturated carbocycles. The Balaban J connectivity index is 0.00000161. The molecule has 21 heavy (non-hydrogen) atoms. The first-order valence-corrected chi connectivity index (χ1v) is 7.98. The lowest BCUT2D eigenvalue weighted by Crippen LogP contribution is -2.52. The van der Waals surface area contributed by atoms with Gasteiger partial charge in [0, 0.05) is 19.6 Å². The Hall–Kier alpha value is -0.360. The highest BCUT2D eigenvalue weighted by Gasteiger charge is 2.34. The number of likely N-dealkylation sites (tertiary alicyclic amines) is 1. The Labute approximate surface area is 133 Å². The number of nitrogens with one attached hydrogen (secondary N) is 1. The normalized spacial score (nSPS) is 37.0. The van der Waals surface area contributed by atoms with Crippen LogP contribution in [0.1, 0.15) is 20.3 Å². The highest BCUT2D eigenvalue weighted by Crippen LogP contribution is 2.26. The van der Waals surface area contributed by atoms with Crippen LogP contribution in [-0.2, 0) is 9.53 Å². The molecular weight excluding hydrogens is 290 g/mol. The number of hydrogen-bond donors (Lipinski definition) is 1. The van der Waals surface area contributed by atoms with E-state index in [1.807, 2.05) is 18.7 Å². The lowest BCUT2D eigenvalue weighted by atomic mass is 9.89. The third-order valence-corrected chi connectivity index (χ3v) is 4.92. The summed E-state index contributed by atoms with van der Waals surface area (Å²) in [5, 5.41) is 3.47. The summed E-state index contributed by atoms with van der Waals surface area (Å²) in [6, 6.07) is 0. The summed E-state index contributed by atoms with van der Waals surface area (Å²) in [6.45, 7) is 10.6. The number of amides is 1. The van der Waals surface area contributed by atoms with Crippen molar-refractivity contribution in [3.05, 3.63) is 0 Å². The predicted molar refractivity (Wildman–Crippen MR) is 84.7 cm³/mol. The quantitative estimate of drug-likeness (QED) is 0.809. The van der Waals surface area contributed by atoms with Crippen LogP contribution in [-0.4, -0.2) is 73.7 Å². The van der Waals surface area contributed by atoms with Crippen molar-refractivity contribution in [3.63, 3.8) is 0 Å². The fourth-order valence-corrected chi connectivity index (χ4v) is 3.93. The molecule has 1 amide bonds. The Morgan fingerprint density at radius 3 is 2.52 bits per heavy atom.